The topological polar surface area (TPSA) is 268 Å². The first kappa shape index (κ1) is 30.0. The highest BCUT2D eigenvalue weighted by molar-refractivity contribution is 7.55. The van der Waals surface area contributed by atoms with Gasteiger partial charge in [-0.2, -0.15) is 0 Å². The van der Waals surface area contributed by atoms with Gasteiger partial charge in [0.1, 0.15) is 6.10 Å². The quantitative estimate of drug-likeness (QED) is 0.0874. The lowest BCUT2D eigenvalue weighted by atomic mass is 10.0. The van der Waals surface area contributed by atoms with E-state index < -0.39 is 65.3 Å². The maximum Gasteiger partial charge on any atom is 0.500 e. The van der Waals surface area contributed by atoms with Crippen LogP contribution in [0.1, 0.15) is 6.23 Å². The number of nitrogens with two attached hydrogens (primary N) is 1. The maximum atomic E-state index is 11.9. The van der Waals surface area contributed by atoms with Crippen LogP contribution in [0.3, 0.4) is 0 Å². The smallest absolute Gasteiger partial charge is 0.387 e. The van der Waals surface area contributed by atoms with E-state index in [2.05, 4.69) is 23.2 Å². The first-order valence-corrected chi connectivity index (χ1v) is 14.1. The molecule has 1 aromatic heterocycles. The van der Waals surface area contributed by atoms with Crippen molar-refractivity contribution in [1.29, 1.82) is 0 Å². The van der Waals surface area contributed by atoms with Gasteiger partial charge in [0.2, 0.25) is 0 Å². The van der Waals surface area contributed by atoms with E-state index in [0.29, 0.717) is 17.9 Å². The van der Waals surface area contributed by atoms with Gasteiger partial charge >= 0.3 is 28.7 Å². The van der Waals surface area contributed by atoms with Gasteiger partial charge in [0, 0.05) is 32.7 Å². The van der Waals surface area contributed by atoms with Crippen LogP contribution >= 0.6 is 23.0 Å². The average molecular weight is 543 g/mol. The minimum Gasteiger partial charge on any atom is -0.387 e. The molecule has 3 unspecified atom stereocenters. The molecule has 0 fully saturated rings. The normalized spacial score (nSPS) is 21.2. The van der Waals surface area contributed by atoms with Gasteiger partial charge in [0.15, 0.2) is 6.23 Å². The molecule has 18 nitrogen and oxygen atoms in total. The van der Waals surface area contributed by atoms with Crippen molar-refractivity contribution in [3.8, 4) is 0 Å². The zero-order chi connectivity index (χ0) is 25.6. The van der Waals surface area contributed by atoms with Crippen molar-refractivity contribution in [3.05, 3.63) is 33.1 Å². The number of ether oxygens (including phenoxy) is 1. The lowest BCUT2D eigenvalue weighted by Crippen LogP contribution is -2.52. The number of aromatic amines is 1. The average Bonchev–Trinajstić information content (AvgIpc) is 2.70. The second-order valence-electron chi connectivity index (χ2n) is 6.41. The summed E-state index contributed by atoms with van der Waals surface area (Å²) >= 11 is 0. The maximum absolute atomic E-state index is 11.9. The van der Waals surface area contributed by atoms with E-state index in [-0.39, 0.29) is 0 Å². The largest absolute Gasteiger partial charge is 0.500 e. The molecule has 192 valence electrons. The summed E-state index contributed by atoms with van der Waals surface area (Å²) in [6, 6.07) is -0.623. The number of nitrogens with zero attached hydrogens (tertiary/aromatic N) is 1. The molecule has 33 heavy (non-hydrogen) atoms. The van der Waals surface area contributed by atoms with Crippen molar-refractivity contribution in [3.63, 3.8) is 0 Å². The molecule has 0 aliphatic carbocycles. The van der Waals surface area contributed by atoms with E-state index in [1.165, 1.54) is 0 Å². The van der Waals surface area contributed by atoms with Crippen molar-refractivity contribution in [2.24, 2.45) is 5.73 Å². The Bertz CT molecular complexity index is 1040. The molecule has 1 aromatic rings. The molecule has 0 amide bonds. The highest BCUT2D eigenvalue weighted by Crippen LogP contribution is 2.55. The van der Waals surface area contributed by atoms with Gasteiger partial charge in [-0.1, -0.05) is 0 Å². The molecular weight excluding hydrogens is 519 g/mol. The predicted molar refractivity (Wildman–Crippen MR) is 107 cm³/mol. The van der Waals surface area contributed by atoms with Crippen LogP contribution in [0.25, 0.3) is 0 Å². The molecule has 0 saturated carbocycles. The highest BCUT2D eigenvalue weighted by atomic mass is 31.2. The third-order valence-corrected chi connectivity index (χ3v) is 5.56. The molecule has 0 spiro atoms. The van der Waals surface area contributed by atoms with E-state index in [1.54, 1.807) is 0 Å². The SMILES string of the molecule is CO[C@@H](COP(=O)(O)OOP(C)(=O)OOP(C)(=O)O)[C@@H](N)[C@@H](O)[C@@H](O)n1ccc(=O)[nH]c1=O. The standard InChI is InChI=1S/C12H24N3O15P3/c1-25-7(9(13)10(17)11(18)15-5-4-8(16)14-12(15)19)6-26-33(23,24)30-29-32(3,22)28-27-31(2,20)21/h4-5,7,9-11,17-18H,6,13H2,1-3H3,(H,20,21)(H,23,24)(H,14,16,19)/t7-,9+,10+,11+,32?/m0/s1. The third kappa shape index (κ3) is 10.4. The Morgan fingerprint density at radius 1 is 1.09 bits per heavy atom. The number of aliphatic hydroxyl groups is 2. The Hall–Kier alpha value is -1.07. The summed E-state index contributed by atoms with van der Waals surface area (Å²) in [4.78, 5) is 43.2. The Kier molecular flexibility index (Phi) is 11.0. The fourth-order valence-corrected chi connectivity index (χ4v) is 4.19. The summed E-state index contributed by atoms with van der Waals surface area (Å²) in [6.07, 6.45) is -4.34. The summed E-state index contributed by atoms with van der Waals surface area (Å²) in [7, 11) is -12.7. The van der Waals surface area contributed by atoms with Crippen molar-refractivity contribution in [2.45, 2.75) is 24.5 Å². The van der Waals surface area contributed by atoms with E-state index in [1.807, 2.05) is 4.98 Å². The minimum absolute atomic E-state index is 0.565. The molecule has 0 aromatic carbocycles. The van der Waals surface area contributed by atoms with Crippen LogP contribution < -0.4 is 17.0 Å². The molecule has 7 N–H and O–H groups in total. The monoisotopic (exact) mass is 543 g/mol. The summed E-state index contributed by atoms with van der Waals surface area (Å²) in [6.45, 7) is 0.513. The number of phosphoric ester groups is 1. The second kappa shape index (κ2) is 12.1. The molecule has 0 aliphatic heterocycles. The second-order valence-corrected chi connectivity index (χ2v) is 11.4. The minimum atomic E-state index is -5.12. The summed E-state index contributed by atoms with van der Waals surface area (Å²) in [5, 5.41) is 20.4. The lowest BCUT2D eigenvalue weighted by molar-refractivity contribution is -0.185. The molecule has 1 heterocycles. The molecule has 1 rings (SSSR count). The number of hydrogen-bond acceptors (Lipinski definition) is 14. The molecule has 0 aliphatic rings. The van der Waals surface area contributed by atoms with Gasteiger partial charge in [-0.3, -0.25) is 28.0 Å². The summed E-state index contributed by atoms with van der Waals surface area (Å²) < 4.78 is 60.7. The number of aromatic nitrogens is 2. The van der Waals surface area contributed by atoms with Crippen LogP contribution in [0.15, 0.2) is 21.9 Å². The number of aliphatic hydroxyl groups excluding tert-OH is 2. The number of nitrogens with one attached hydrogen (secondary N) is 1. The molecule has 0 bridgehead atoms. The first-order chi connectivity index (χ1) is 15.0. The fourth-order valence-electron chi connectivity index (χ4n) is 1.98. The highest BCUT2D eigenvalue weighted by Gasteiger charge is 2.36. The fraction of sp³-hybridized carbons (Fsp3) is 0.667. The van der Waals surface area contributed by atoms with Crippen LogP contribution in [0.2, 0.25) is 0 Å². The van der Waals surface area contributed by atoms with Crippen LogP contribution in [0, 0.1) is 0 Å². The van der Waals surface area contributed by atoms with E-state index in [9.17, 15) is 38.4 Å². The van der Waals surface area contributed by atoms with Gasteiger partial charge in [0.25, 0.3) is 5.56 Å². The number of hydrogen-bond donors (Lipinski definition) is 6. The van der Waals surface area contributed by atoms with Gasteiger partial charge in [0.05, 0.1) is 18.8 Å². The summed E-state index contributed by atoms with van der Waals surface area (Å²) in [5.41, 5.74) is 3.97. The van der Waals surface area contributed by atoms with Gasteiger partial charge < -0.3 is 30.5 Å². The molecule has 21 heteroatoms. The zero-order valence-electron chi connectivity index (χ0n) is 17.3. The lowest BCUT2D eigenvalue weighted by Gasteiger charge is -2.30. The summed E-state index contributed by atoms with van der Waals surface area (Å²) in [5.74, 6) is 0. The van der Waals surface area contributed by atoms with E-state index in [4.69, 9.17) is 15.4 Å². The van der Waals surface area contributed by atoms with Crippen molar-refractivity contribution in [2.75, 3.05) is 27.0 Å². The number of rotatable bonds is 14. The molecule has 7 atom stereocenters. The third-order valence-electron chi connectivity index (χ3n) is 3.54. The predicted octanol–water partition coefficient (Wildman–Crippen LogP) is -1.62. The van der Waals surface area contributed by atoms with Gasteiger partial charge in [-0.25, -0.2) is 9.36 Å². The Balaban J connectivity index is 2.73. The van der Waals surface area contributed by atoms with Crippen molar-refractivity contribution in [1.82, 2.24) is 9.55 Å². The van der Waals surface area contributed by atoms with Crippen LogP contribution in [0.4, 0.5) is 0 Å². The van der Waals surface area contributed by atoms with Gasteiger partial charge in [-0.05, 0) is 0 Å². The number of phosphoric acid groups is 1. The molecule has 0 saturated heterocycles. The number of H-pyrrole nitrogens is 1. The first-order valence-electron chi connectivity index (χ1n) is 8.55. The van der Waals surface area contributed by atoms with Crippen LogP contribution in [-0.2, 0) is 41.7 Å². The van der Waals surface area contributed by atoms with Crippen molar-refractivity contribution >= 4 is 23.0 Å². The van der Waals surface area contributed by atoms with Crippen LogP contribution in [0.5, 0.6) is 0 Å². The molecule has 0 radical (unpaired) electrons. The van der Waals surface area contributed by atoms with E-state index >= 15 is 0 Å². The van der Waals surface area contributed by atoms with Crippen LogP contribution in [-0.4, -0.2) is 74.8 Å². The zero-order valence-corrected chi connectivity index (χ0v) is 20.0. The Morgan fingerprint density at radius 3 is 2.18 bits per heavy atom. The van der Waals surface area contributed by atoms with E-state index in [0.717, 1.165) is 19.4 Å². The number of methoxy groups -OCH3 is 1. The van der Waals surface area contributed by atoms with Gasteiger partial charge in [-0.15, -0.1) is 18.7 Å². The Morgan fingerprint density at radius 2 is 1.67 bits per heavy atom. The Labute approximate surface area is 185 Å². The van der Waals surface area contributed by atoms with Crippen molar-refractivity contribution < 1.29 is 61.7 Å². The molecular formula is C12H24N3O15P3.